The Hall–Kier alpha value is -1.67. The Bertz CT molecular complexity index is 558. The van der Waals surface area contributed by atoms with E-state index in [1.165, 1.54) is 0 Å². The molecule has 98 valence electrons. The first-order valence-corrected chi connectivity index (χ1v) is 7.27. The van der Waals surface area contributed by atoms with Gasteiger partial charge in [0.1, 0.15) is 11.5 Å². The van der Waals surface area contributed by atoms with Crippen LogP contribution < -0.4 is 16.6 Å². The van der Waals surface area contributed by atoms with Gasteiger partial charge in [-0.1, -0.05) is 6.07 Å². The number of hydrogen-bond donors (Lipinski definition) is 3. The number of nitrogens with one attached hydrogen (secondary N) is 2. The van der Waals surface area contributed by atoms with E-state index < -0.39 is 15.7 Å². The predicted octanol–water partition coefficient (Wildman–Crippen LogP) is -0.716. The molecule has 0 aliphatic carbocycles. The molecule has 4 N–H and O–H groups in total. The van der Waals surface area contributed by atoms with Crippen LogP contribution in [0.1, 0.15) is 16.9 Å². The number of carbonyl (C=O) groups excluding carboxylic acids is 1. The summed E-state index contributed by atoms with van der Waals surface area (Å²) in [7, 11) is -3.00. The average Bonchev–Trinajstić information content (AvgIpc) is 2.68. The van der Waals surface area contributed by atoms with Crippen LogP contribution in [0.2, 0.25) is 0 Å². The Balaban J connectivity index is 2.04. The van der Waals surface area contributed by atoms with E-state index in [1.807, 2.05) is 0 Å². The van der Waals surface area contributed by atoms with Crippen molar-refractivity contribution in [2.24, 2.45) is 5.84 Å². The van der Waals surface area contributed by atoms with Crippen molar-refractivity contribution >= 4 is 21.6 Å². The van der Waals surface area contributed by atoms with Crippen molar-refractivity contribution in [2.45, 2.75) is 12.5 Å². The molecule has 1 aliphatic heterocycles. The highest BCUT2D eigenvalue weighted by Gasteiger charge is 2.29. The van der Waals surface area contributed by atoms with Gasteiger partial charge >= 0.3 is 0 Å². The summed E-state index contributed by atoms with van der Waals surface area (Å²) in [6.07, 6.45) is 0.447. The average molecular weight is 270 g/mol. The summed E-state index contributed by atoms with van der Waals surface area (Å²) in [5.41, 5.74) is 2.55. The van der Waals surface area contributed by atoms with Crippen molar-refractivity contribution < 1.29 is 13.2 Å². The second-order valence-corrected chi connectivity index (χ2v) is 6.35. The molecule has 1 atom stereocenters. The van der Waals surface area contributed by atoms with E-state index in [-0.39, 0.29) is 23.2 Å². The zero-order valence-corrected chi connectivity index (χ0v) is 10.4. The standard InChI is InChI=1S/C10H14N4O3S/c11-14-9-3-1-2-8(13-9)10(15)12-7-4-5-18(16,17)6-7/h1-3,7H,4-6,11H2,(H,12,15)(H,13,14). The Labute approximate surface area is 105 Å². The molecule has 1 saturated heterocycles. The van der Waals surface area contributed by atoms with E-state index in [4.69, 9.17) is 5.84 Å². The number of nitrogens with zero attached hydrogens (tertiary/aromatic N) is 1. The fourth-order valence-corrected chi connectivity index (χ4v) is 3.48. The van der Waals surface area contributed by atoms with Crippen molar-refractivity contribution in [1.82, 2.24) is 10.3 Å². The first-order chi connectivity index (χ1) is 8.50. The topological polar surface area (TPSA) is 114 Å². The number of hydrazine groups is 1. The molecule has 0 aromatic carbocycles. The zero-order chi connectivity index (χ0) is 13.2. The number of anilines is 1. The highest BCUT2D eigenvalue weighted by atomic mass is 32.2. The van der Waals surface area contributed by atoms with Gasteiger partial charge < -0.3 is 10.7 Å². The van der Waals surface area contributed by atoms with Gasteiger partial charge in [-0.25, -0.2) is 19.2 Å². The number of pyridine rings is 1. The highest BCUT2D eigenvalue weighted by Crippen LogP contribution is 2.12. The molecule has 1 aromatic rings. The second-order valence-electron chi connectivity index (χ2n) is 4.13. The van der Waals surface area contributed by atoms with Crippen molar-refractivity contribution in [3.8, 4) is 0 Å². The molecular formula is C10H14N4O3S. The molecule has 1 unspecified atom stereocenters. The van der Waals surface area contributed by atoms with Gasteiger partial charge in [0.05, 0.1) is 11.5 Å². The summed E-state index contributed by atoms with van der Waals surface area (Å²) >= 11 is 0. The van der Waals surface area contributed by atoms with E-state index in [2.05, 4.69) is 15.7 Å². The van der Waals surface area contributed by atoms with Crippen LogP contribution in [0, 0.1) is 0 Å². The number of carbonyl (C=O) groups is 1. The lowest BCUT2D eigenvalue weighted by Crippen LogP contribution is -2.36. The van der Waals surface area contributed by atoms with Crippen molar-refractivity contribution in [1.29, 1.82) is 0 Å². The lowest BCUT2D eigenvalue weighted by molar-refractivity contribution is 0.0936. The molecular weight excluding hydrogens is 256 g/mol. The third-order valence-electron chi connectivity index (χ3n) is 2.70. The minimum Gasteiger partial charge on any atom is -0.347 e. The summed E-state index contributed by atoms with van der Waals surface area (Å²) in [5.74, 6) is 5.29. The van der Waals surface area contributed by atoms with E-state index in [0.29, 0.717) is 12.2 Å². The molecule has 7 nitrogen and oxygen atoms in total. The third-order valence-corrected chi connectivity index (χ3v) is 4.47. The van der Waals surface area contributed by atoms with Gasteiger partial charge in [0.25, 0.3) is 5.91 Å². The van der Waals surface area contributed by atoms with Gasteiger partial charge in [-0.2, -0.15) is 0 Å². The fourth-order valence-electron chi connectivity index (χ4n) is 1.81. The fraction of sp³-hybridized carbons (Fsp3) is 0.400. The molecule has 18 heavy (non-hydrogen) atoms. The summed E-state index contributed by atoms with van der Waals surface area (Å²) in [6.45, 7) is 0. The second kappa shape index (κ2) is 4.91. The van der Waals surface area contributed by atoms with Gasteiger partial charge in [-0.3, -0.25) is 4.79 Å². The Morgan fingerprint density at radius 2 is 2.22 bits per heavy atom. The Morgan fingerprint density at radius 1 is 1.44 bits per heavy atom. The minimum absolute atomic E-state index is 0.00638. The summed E-state index contributed by atoms with van der Waals surface area (Å²) in [4.78, 5) is 15.8. The summed E-state index contributed by atoms with van der Waals surface area (Å²) < 4.78 is 22.5. The van der Waals surface area contributed by atoms with Gasteiger partial charge in [0, 0.05) is 6.04 Å². The van der Waals surface area contributed by atoms with Gasteiger partial charge in [0.15, 0.2) is 9.84 Å². The number of hydrogen-bond acceptors (Lipinski definition) is 6. The zero-order valence-electron chi connectivity index (χ0n) is 9.59. The maximum absolute atomic E-state index is 11.8. The Kier molecular flexibility index (Phi) is 3.48. The number of nitrogens with two attached hydrogens (primary N) is 1. The molecule has 1 fully saturated rings. The van der Waals surface area contributed by atoms with Crippen LogP contribution in [-0.2, 0) is 9.84 Å². The molecule has 8 heteroatoms. The van der Waals surface area contributed by atoms with Crippen LogP contribution >= 0.6 is 0 Å². The smallest absolute Gasteiger partial charge is 0.270 e. The first-order valence-electron chi connectivity index (χ1n) is 5.45. The van der Waals surface area contributed by atoms with Crippen LogP contribution in [0.4, 0.5) is 5.82 Å². The SMILES string of the molecule is NNc1cccc(C(=O)NC2CCS(=O)(=O)C2)n1. The van der Waals surface area contributed by atoms with Crippen molar-refractivity contribution in [3.63, 3.8) is 0 Å². The van der Waals surface area contributed by atoms with E-state index in [9.17, 15) is 13.2 Å². The van der Waals surface area contributed by atoms with Crippen LogP contribution in [0.5, 0.6) is 0 Å². The van der Waals surface area contributed by atoms with Crippen molar-refractivity contribution in [2.75, 3.05) is 16.9 Å². The monoisotopic (exact) mass is 270 g/mol. The third kappa shape index (κ3) is 2.96. The van der Waals surface area contributed by atoms with Crippen LogP contribution in [0.3, 0.4) is 0 Å². The molecule has 0 spiro atoms. The maximum atomic E-state index is 11.8. The number of amides is 1. The van der Waals surface area contributed by atoms with Crippen molar-refractivity contribution in [3.05, 3.63) is 23.9 Å². The highest BCUT2D eigenvalue weighted by molar-refractivity contribution is 7.91. The molecule has 1 aromatic heterocycles. The Morgan fingerprint density at radius 3 is 2.83 bits per heavy atom. The number of nitrogen functional groups attached to an aromatic ring is 1. The summed E-state index contributed by atoms with van der Waals surface area (Å²) in [6, 6.07) is 4.47. The lowest BCUT2D eigenvalue weighted by atomic mass is 10.2. The van der Waals surface area contributed by atoms with Crippen LogP contribution in [0.15, 0.2) is 18.2 Å². The largest absolute Gasteiger partial charge is 0.347 e. The molecule has 0 radical (unpaired) electrons. The van der Waals surface area contributed by atoms with Crippen LogP contribution in [0.25, 0.3) is 0 Å². The van der Waals surface area contributed by atoms with Gasteiger partial charge in [-0.15, -0.1) is 0 Å². The van der Waals surface area contributed by atoms with Gasteiger partial charge in [0.2, 0.25) is 0 Å². The van der Waals surface area contributed by atoms with Gasteiger partial charge in [-0.05, 0) is 18.6 Å². The number of sulfone groups is 1. The maximum Gasteiger partial charge on any atom is 0.270 e. The predicted molar refractivity (Wildman–Crippen MR) is 66.6 cm³/mol. The molecule has 2 rings (SSSR count). The van der Waals surface area contributed by atoms with E-state index in [0.717, 1.165) is 0 Å². The molecule has 0 bridgehead atoms. The summed E-state index contributed by atoms with van der Waals surface area (Å²) in [5, 5.41) is 2.65. The normalized spacial score (nSPS) is 21.5. The quantitative estimate of drug-likeness (QED) is 0.493. The lowest BCUT2D eigenvalue weighted by Gasteiger charge is -2.10. The van der Waals surface area contributed by atoms with E-state index >= 15 is 0 Å². The molecule has 0 saturated carbocycles. The first kappa shape index (κ1) is 12.8. The number of rotatable bonds is 3. The minimum atomic E-state index is -3.00. The number of aromatic nitrogens is 1. The molecule has 2 heterocycles. The molecule has 1 amide bonds. The van der Waals surface area contributed by atoms with Crippen LogP contribution in [-0.4, -0.2) is 36.9 Å². The molecule has 1 aliphatic rings. The van der Waals surface area contributed by atoms with E-state index in [1.54, 1.807) is 18.2 Å².